The molecule has 27 heavy (non-hydrogen) atoms. The molecule has 1 aliphatic heterocycles. The summed E-state index contributed by atoms with van der Waals surface area (Å²) in [6, 6.07) is 6.99. The average Bonchev–Trinajstić information content (AvgIpc) is 2.63. The van der Waals surface area contributed by atoms with Gasteiger partial charge in [0.05, 0.1) is 4.90 Å². The molecule has 0 aliphatic carbocycles. The van der Waals surface area contributed by atoms with Crippen LogP contribution in [0.5, 0.6) is 0 Å². The van der Waals surface area contributed by atoms with Crippen molar-refractivity contribution in [3.63, 3.8) is 0 Å². The highest BCUT2D eigenvalue weighted by atomic mass is 35.5. The van der Waals surface area contributed by atoms with Crippen LogP contribution >= 0.6 is 12.4 Å². The van der Waals surface area contributed by atoms with Gasteiger partial charge >= 0.3 is 0 Å². The highest BCUT2D eigenvalue weighted by molar-refractivity contribution is 7.89. The third kappa shape index (κ3) is 6.45. The summed E-state index contributed by atoms with van der Waals surface area (Å²) in [6.07, 6.45) is 1.72. The van der Waals surface area contributed by atoms with Gasteiger partial charge in [-0.3, -0.25) is 9.69 Å². The molecular weight excluding hydrogens is 386 g/mol. The summed E-state index contributed by atoms with van der Waals surface area (Å²) in [7, 11) is -3.42. The normalized spacial score (nSPS) is 16.1. The number of carbonyl (C=O) groups excluding carboxylic acids is 1. The monoisotopic (exact) mass is 417 g/mol. The summed E-state index contributed by atoms with van der Waals surface area (Å²) >= 11 is 0. The van der Waals surface area contributed by atoms with Crippen molar-refractivity contribution in [1.82, 2.24) is 14.5 Å². The second-order valence-corrected chi connectivity index (χ2v) is 8.80. The van der Waals surface area contributed by atoms with Crippen LogP contribution in [0.25, 0.3) is 0 Å². The molecule has 1 aromatic carbocycles. The Morgan fingerprint density at radius 3 is 2.15 bits per heavy atom. The van der Waals surface area contributed by atoms with Crippen LogP contribution in [-0.2, 0) is 14.8 Å². The Morgan fingerprint density at radius 2 is 1.63 bits per heavy atom. The Morgan fingerprint density at radius 1 is 1.07 bits per heavy atom. The molecule has 0 bridgehead atoms. The van der Waals surface area contributed by atoms with Gasteiger partial charge < -0.3 is 5.32 Å². The molecule has 0 spiro atoms. The molecule has 8 heteroatoms. The van der Waals surface area contributed by atoms with Crippen molar-refractivity contribution in [2.24, 2.45) is 5.92 Å². The number of amides is 1. The Hall–Kier alpha value is -1.15. The third-order valence-corrected chi connectivity index (χ3v) is 6.99. The van der Waals surface area contributed by atoms with Gasteiger partial charge in [0.2, 0.25) is 15.9 Å². The lowest BCUT2D eigenvalue weighted by Gasteiger charge is -2.34. The second kappa shape index (κ2) is 11.0. The van der Waals surface area contributed by atoms with Crippen LogP contribution in [0.2, 0.25) is 0 Å². The number of hydrogen-bond acceptors (Lipinski definition) is 4. The SMILES string of the molecule is CCC(CC)C(=O)NCCN1CCN(S(=O)(=O)c2ccc(C)cc2)CC1.Cl. The van der Waals surface area contributed by atoms with Crippen LogP contribution in [-0.4, -0.2) is 62.8 Å². The Bertz CT molecular complexity index is 683. The molecular formula is C19H32ClN3O3S. The van der Waals surface area contributed by atoms with E-state index < -0.39 is 10.0 Å². The first kappa shape index (κ1) is 23.9. The third-order valence-electron chi connectivity index (χ3n) is 5.07. The van der Waals surface area contributed by atoms with Crippen LogP contribution in [0.1, 0.15) is 32.3 Å². The average molecular weight is 418 g/mol. The molecule has 1 N–H and O–H groups in total. The first-order valence-corrected chi connectivity index (χ1v) is 10.9. The summed E-state index contributed by atoms with van der Waals surface area (Å²) in [5, 5.41) is 2.99. The zero-order chi connectivity index (χ0) is 19.2. The molecule has 1 aliphatic rings. The van der Waals surface area contributed by atoms with Crippen molar-refractivity contribution < 1.29 is 13.2 Å². The summed E-state index contributed by atoms with van der Waals surface area (Å²) in [6.45, 7) is 9.70. The van der Waals surface area contributed by atoms with E-state index in [0.717, 1.165) is 24.9 Å². The van der Waals surface area contributed by atoms with Crippen molar-refractivity contribution in [2.45, 2.75) is 38.5 Å². The number of aryl methyl sites for hydroxylation is 1. The fourth-order valence-electron chi connectivity index (χ4n) is 3.19. The maximum absolute atomic E-state index is 12.7. The fourth-order valence-corrected chi connectivity index (χ4v) is 4.62. The van der Waals surface area contributed by atoms with Crippen molar-refractivity contribution in [3.8, 4) is 0 Å². The van der Waals surface area contributed by atoms with Gasteiger partial charge in [0, 0.05) is 45.2 Å². The van der Waals surface area contributed by atoms with Gasteiger partial charge in [0.25, 0.3) is 0 Å². The Balaban J connectivity index is 0.00000364. The van der Waals surface area contributed by atoms with Gasteiger partial charge in [0.1, 0.15) is 0 Å². The lowest BCUT2D eigenvalue weighted by molar-refractivity contribution is -0.125. The van der Waals surface area contributed by atoms with Crippen LogP contribution in [0.4, 0.5) is 0 Å². The van der Waals surface area contributed by atoms with E-state index >= 15 is 0 Å². The van der Waals surface area contributed by atoms with Crippen LogP contribution in [0.3, 0.4) is 0 Å². The fraction of sp³-hybridized carbons (Fsp3) is 0.632. The quantitative estimate of drug-likeness (QED) is 0.704. The minimum absolute atomic E-state index is 0. The molecule has 1 fully saturated rings. The Kier molecular flexibility index (Phi) is 9.73. The van der Waals surface area contributed by atoms with E-state index in [9.17, 15) is 13.2 Å². The number of nitrogens with zero attached hydrogens (tertiary/aromatic N) is 2. The van der Waals surface area contributed by atoms with Crippen molar-refractivity contribution in [3.05, 3.63) is 29.8 Å². The van der Waals surface area contributed by atoms with E-state index in [-0.39, 0.29) is 24.2 Å². The molecule has 1 amide bonds. The summed E-state index contributed by atoms with van der Waals surface area (Å²) in [5.41, 5.74) is 1.05. The number of halogens is 1. The summed E-state index contributed by atoms with van der Waals surface area (Å²) in [4.78, 5) is 14.6. The van der Waals surface area contributed by atoms with E-state index in [1.54, 1.807) is 16.4 Å². The Labute approximate surface area is 169 Å². The maximum Gasteiger partial charge on any atom is 0.243 e. The van der Waals surface area contributed by atoms with E-state index in [2.05, 4.69) is 10.2 Å². The highest BCUT2D eigenvalue weighted by Crippen LogP contribution is 2.18. The van der Waals surface area contributed by atoms with Gasteiger partial charge in [-0.05, 0) is 31.9 Å². The number of benzene rings is 1. The van der Waals surface area contributed by atoms with Crippen molar-refractivity contribution >= 4 is 28.3 Å². The minimum Gasteiger partial charge on any atom is -0.355 e. The van der Waals surface area contributed by atoms with Gasteiger partial charge in [0.15, 0.2) is 0 Å². The predicted molar refractivity (Wildman–Crippen MR) is 111 cm³/mol. The second-order valence-electron chi connectivity index (χ2n) is 6.86. The van der Waals surface area contributed by atoms with Gasteiger partial charge in [-0.2, -0.15) is 4.31 Å². The van der Waals surface area contributed by atoms with E-state index in [4.69, 9.17) is 0 Å². The van der Waals surface area contributed by atoms with Crippen LogP contribution in [0.15, 0.2) is 29.2 Å². The lowest BCUT2D eigenvalue weighted by Crippen LogP contribution is -2.50. The molecule has 2 rings (SSSR count). The molecule has 1 saturated heterocycles. The molecule has 0 radical (unpaired) electrons. The minimum atomic E-state index is -3.42. The van der Waals surface area contributed by atoms with Crippen LogP contribution in [0, 0.1) is 12.8 Å². The van der Waals surface area contributed by atoms with E-state index in [1.807, 2.05) is 32.9 Å². The molecule has 0 unspecified atom stereocenters. The van der Waals surface area contributed by atoms with Crippen molar-refractivity contribution in [2.75, 3.05) is 39.3 Å². The molecule has 0 saturated carbocycles. The van der Waals surface area contributed by atoms with Gasteiger partial charge in [-0.25, -0.2) is 8.42 Å². The van der Waals surface area contributed by atoms with E-state index in [0.29, 0.717) is 37.6 Å². The van der Waals surface area contributed by atoms with Gasteiger partial charge in [-0.15, -0.1) is 12.4 Å². The number of nitrogens with one attached hydrogen (secondary N) is 1. The standard InChI is InChI=1S/C19H31N3O3S.ClH/c1-4-17(5-2)19(23)20-10-11-21-12-14-22(15-13-21)26(24,25)18-8-6-16(3)7-9-18;/h6-9,17H,4-5,10-15H2,1-3H3,(H,20,23);1H. The molecule has 6 nitrogen and oxygen atoms in total. The number of hydrogen-bond donors (Lipinski definition) is 1. The van der Waals surface area contributed by atoms with Crippen LogP contribution < -0.4 is 5.32 Å². The zero-order valence-corrected chi connectivity index (χ0v) is 18.1. The molecule has 1 aromatic rings. The topological polar surface area (TPSA) is 69.7 Å². The lowest BCUT2D eigenvalue weighted by atomic mass is 10.0. The van der Waals surface area contributed by atoms with Gasteiger partial charge in [-0.1, -0.05) is 31.5 Å². The molecule has 1 heterocycles. The smallest absolute Gasteiger partial charge is 0.243 e. The van der Waals surface area contributed by atoms with E-state index in [1.165, 1.54) is 0 Å². The predicted octanol–water partition coefficient (Wildman–Crippen LogP) is 2.28. The number of sulfonamides is 1. The number of rotatable bonds is 8. The molecule has 0 atom stereocenters. The highest BCUT2D eigenvalue weighted by Gasteiger charge is 2.28. The number of piperazine rings is 1. The molecule has 0 aromatic heterocycles. The number of carbonyl (C=O) groups is 1. The first-order chi connectivity index (χ1) is 12.4. The largest absolute Gasteiger partial charge is 0.355 e. The maximum atomic E-state index is 12.7. The summed E-state index contributed by atoms with van der Waals surface area (Å²) in [5.74, 6) is 0.210. The first-order valence-electron chi connectivity index (χ1n) is 9.45. The zero-order valence-electron chi connectivity index (χ0n) is 16.5. The van der Waals surface area contributed by atoms with Crippen molar-refractivity contribution in [1.29, 1.82) is 0 Å². The summed E-state index contributed by atoms with van der Waals surface area (Å²) < 4.78 is 27.0. The molecule has 154 valence electrons.